The van der Waals surface area contributed by atoms with Gasteiger partial charge in [0.1, 0.15) is 6.17 Å². The largest absolute Gasteiger partial charge is 0.481 e. The fourth-order valence-electron chi connectivity index (χ4n) is 3.77. The van der Waals surface area contributed by atoms with E-state index in [9.17, 15) is 19.2 Å². The highest BCUT2D eigenvalue weighted by molar-refractivity contribution is 5.82. The van der Waals surface area contributed by atoms with Crippen LogP contribution in [-0.2, 0) is 19.2 Å². The van der Waals surface area contributed by atoms with Crippen LogP contribution in [0.4, 0.5) is 0 Å². The fraction of sp³-hybridized carbons (Fsp3) is 0.778. The van der Waals surface area contributed by atoms with Crippen molar-refractivity contribution in [3.05, 3.63) is 0 Å². The normalized spacial score (nSPS) is 21.9. The Hall–Kier alpha value is -2.16. The maximum Gasteiger partial charge on any atom is 0.307 e. The topological polar surface area (TPSA) is 128 Å². The summed E-state index contributed by atoms with van der Waals surface area (Å²) in [6.07, 6.45) is 4.01. The highest BCUT2D eigenvalue weighted by Crippen LogP contribution is 2.21. The lowest BCUT2D eigenvalue weighted by molar-refractivity contribution is -0.138. The van der Waals surface area contributed by atoms with Crippen LogP contribution in [0.1, 0.15) is 44.9 Å². The third-order valence-corrected chi connectivity index (χ3v) is 5.33. The number of carbonyl (C=O) groups excluding carboxylic acids is 3. The number of carboxylic acids is 1. The number of carboxylic acid groups (broad SMARTS) is 1. The lowest BCUT2D eigenvalue weighted by atomic mass is 9.92. The molecule has 0 aliphatic carbocycles. The number of carbonyl (C=O) groups is 4. The van der Waals surface area contributed by atoms with Crippen LogP contribution in [0.25, 0.3) is 0 Å². The van der Waals surface area contributed by atoms with Crippen molar-refractivity contribution in [2.45, 2.75) is 51.1 Å². The Labute approximate surface area is 159 Å². The predicted molar refractivity (Wildman–Crippen MR) is 97.5 cm³/mol. The van der Waals surface area contributed by atoms with Crippen molar-refractivity contribution in [2.24, 2.45) is 11.8 Å². The number of piperidine rings is 2. The molecule has 9 nitrogen and oxygen atoms in total. The van der Waals surface area contributed by atoms with Crippen LogP contribution in [0.2, 0.25) is 0 Å². The second kappa shape index (κ2) is 10.9. The second-order valence-corrected chi connectivity index (χ2v) is 7.35. The molecule has 3 amide bonds. The van der Waals surface area contributed by atoms with Gasteiger partial charge in [-0.2, -0.15) is 0 Å². The van der Waals surface area contributed by atoms with E-state index in [2.05, 4.69) is 16.0 Å². The van der Waals surface area contributed by atoms with E-state index in [1.165, 1.54) is 0 Å². The molecule has 0 unspecified atom stereocenters. The average molecular weight is 382 g/mol. The first kappa shape index (κ1) is 21.1. The average Bonchev–Trinajstić information content (AvgIpc) is 2.66. The SMILES string of the molecule is O=CN[C@@H](CC(=O)O)NC(=O)[C@@H]1CCCN(C(=O)CCC2CCNCC2)C1. The minimum atomic E-state index is -1.12. The smallest absolute Gasteiger partial charge is 0.307 e. The van der Waals surface area contributed by atoms with E-state index in [0.29, 0.717) is 38.3 Å². The Morgan fingerprint density at radius 2 is 1.96 bits per heavy atom. The zero-order valence-electron chi connectivity index (χ0n) is 15.6. The van der Waals surface area contributed by atoms with Crippen LogP contribution in [0.15, 0.2) is 0 Å². The quantitative estimate of drug-likeness (QED) is 0.319. The van der Waals surface area contributed by atoms with Crippen molar-refractivity contribution in [2.75, 3.05) is 26.2 Å². The Morgan fingerprint density at radius 1 is 1.22 bits per heavy atom. The third-order valence-electron chi connectivity index (χ3n) is 5.33. The van der Waals surface area contributed by atoms with Crippen molar-refractivity contribution in [1.29, 1.82) is 0 Å². The van der Waals surface area contributed by atoms with Gasteiger partial charge in [-0.1, -0.05) is 0 Å². The van der Waals surface area contributed by atoms with Crippen LogP contribution in [0.3, 0.4) is 0 Å². The summed E-state index contributed by atoms with van der Waals surface area (Å²) in [5.74, 6) is -1.16. The van der Waals surface area contributed by atoms with Gasteiger partial charge in [0.05, 0.1) is 12.3 Å². The van der Waals surface area contributed by atoms with Gasteiger partial charge in [0.25, 0.3) is 0 Å². The summed E-state index contributed by atoms with van der Waals surface area (Å²) in [7, 11) is 0. The summed E-state index contributed by atoms with van der Waals surface area (Å²) in [5, 5.41) is 17.0. The summed E-state index contributed by atoms with van der Waals surface area (Å²) >= 11 is 0. The van der Waals surface area contributed by atoms with Gasteiger partial charge < -0.3 is 26.0 Å². The molecule has 0 bridgehead atoms. The zero-order valence-corrected chi connectivity index (χ0v) is 15.6. The molecule has 2 aliphatic rings. The molecule has 0 radical (unpaired) electrons. The third kappa shape index (κ3) is 7.16. The molecular weight excluding hydrogens is 352 g/mol. The molecule has 27 heavy (non-hydrogen) atoms. The summed E-state index contributed by atoms with van der Waals surface area (Å²) < 4.78 is 0. The van der Waals surface area contributed by atoms with E-state index in [4.69, 9.17) is 5.11 Å². The maximum atomic E-state index is 12.5. The summed E-state index contributed by atoms with van der Waals surface area (Å²) in [4.78, 5) is 48.1. The van der Waals surface area contributed by atoms with Gasteiger partial charge in [0, 0.05) is 19.5 Å². The van der Waals surface area contributed by atoms with Gasteiger partial charge in [-0.25, -0.2) is 0 Å². The summed E-state index contributed by atoms with van der Waals surface area (Å²) in [5.41, 5.74) is 0. The van der Waals surface area contributed by atoms with Crippen molar-refractivity contribution < 1.29 is 24.3 Å². The minimum absolute atomic E-state index is 0.0825. The highest BCUT2D eigenvalue weighted by atomic mass is 16.4. The molecule has 0 aromatic rings. The van der Waals surface area contributed by atoms with Crippen molar-refractivity contribution in [3.8, 4) is 0 Å². The van der Waals surface area contributed by atoms with E-state index in [-0.39, 0.29) is 17.7 Å². The van der Waals surface area contributed by atoms with Crippen LogP contribution >= 0.6 is 0 Å². The van der Waals surface area contributed by atoms with E-state index >= 15 is 0 Å². The van der Waals surface area contributed by atoms with Gasteiger partial charge >= 0.3 is 5.97 Å². The Morgan fingerprint density at radius 3 is 2.63 bits per heavy atom. The zero-order chi connectivity index (χ0) is 19.6. The monoisotopic (exact) mass is 382 g/mol. The molecular formula is C18H30N4O5. The van der Waals surface area contributed by atoms with Gasteiger partial charge in [0.15, 0.2) is 0 Å². The molecule has 0 aromatic carbocycles. The maximum absolute atomic E-state index is 12.5. The minimum Gasteiger partial charge on any atom is -0.481 e. The van der Waals surface area contributed by atoms with Crippen molar-refractivity contribution >= 4 is 24.2 Å². The van der Waals surface area contributed by atoms with Gasteiger partial charge in [0.2, 0.25) is 18.2 Å². The Bertz CT molecular complexity index is 536. The molecule has 2 fully saturated rings. The van der Waals surface area contributed by atoms with Crippen LogP contribution in [0, 0.1) is 11.8 Å². The lowest BCUT2D eigenvalue weighted by Crippen LogP contribution is -2.51. The van der Waals surface area contributed by atoms with Crippen LogP contribution < -0.4 is 16.0 Å². The van der Waals surface area contributed by atoms with E-state index in [0.717, 1.165) is 38.8 Å². The lowest BCUT2D eigenvalue weighted by Gasteiger charge is -2.33. The molecule has 2 saturated heterocycles. The number of likely N-dealkylation sites (tertiary alicyclic amines) is 1. The van der Waals surface area contributed by atoms with Gasteiger partial charge in [-0.15, -0.1) is 0 Å². The predicted octanol–water partition coefficient (Wildman–Crippen LogP) is -0.332. The number of amides is 3. The van der Waals surface area contributed by atoms with Crippen molar-refractivity contribution in [1.82, 2.24) is 20.9 Å². The van der Waals surface area contributed by atoms with Gasteiger partial charge in [-0.05, 0) is 51.1 Å². The van der Waals surface area contributed by atoms with Crippen LogP contribution in [-0.4, -0.2) is 66.5 Å². The van der Waals surface area contributed by atoms with Crippen molar-refractivity contribution in [3.63, 3.8) is 0 Å². The molecule has 152 valence electrons. The molecule has 0 saturated carbocycles. The Balaban J connectivity index is 1.80. The first-order chi connectivity index (χ1) is 13.0. The molecule has 2 atom stereocenters. The number of nitrogens with zero attached hydrogens (tertiary/aromatic N) is 1. The molecule has 2 heterocycles. The fourth-order valence-corrected chi connectivity index (χ4v) is 3.77. The molecule has 4 N–H and O–H groups in total. The number of rotatable bonds is 9. The number of hydrogen-bond donors (Lipinski definition) is 4. The molecule has 9 heteroatoms. The number of aliphatic carboxylic acids is 1. The number of nitrogens with one attached hydrogen (secondary N) is 3. The first-order valence-corrected chi connectivity index (χ1v) is 9.70. The van der Waals surface area contributed by atoms with E-state index < -0.39 is 18.6 Å². The van der Waals surface area contributed by atoms with E-state index in [1.54, 1.807) is 4.90 Å². The summed E-state index contributed by atoms with van der Waals surface area (Å²) in [6, 6.07) is 0. The van der Waals surface area contributed by atoms with Gasteiger partial charge in [-0.3, -0.25) is 19.2 Å². The summed E-state index contributed by atoms with van der Waals surface area (Å²) in [6.45, 7) is 3.02. The molecule has 0 aromatic heterocycles. The molecule has 0 spiro atoms. The second-order valence-electron chi connectivity index (χ2n) is 7.35. The van der Waals surface area contributed by atoms with Crippen LogP contribution in [0.5, 0.6) is 0 Å². The Kier molecular flexibility index (Phi) is 8.50. The highest BCUT2D eigenvalue weighted by Gasteiger charge is 2.30. The molecule has 2 rings (SSSR count). The first-order valence-electron chi connectivity index (χ1n) is 9.70. The standard InChI is InChI=1S/C18H30N4O5/c23-12-20-15(10-17(25)26)21-18(27)14-2-1-9-22(11-14)16(24)4-3-13-5-7-19-8-6-13/h12-15,19H,1-11H2,(H,20,23)(H,21,27)(H,25,26)/t14-,15-/m1/s1. The number of hydrogen-bond acceptors (Lipinski definition) is 5. The molecule has 2 aliphatic heterocycles. The van der Waals surface area contributed by atoms with E-state index in [1.807, 2.05) is 0 Å².